The highest BCUT2D eigenvalue weighted by Gasteiger charge is 2.30. The fourth-order valence-electron chi connectivity index (χ4n) is 3.92. The van der Waals surface area contributed by atoms with Gasteiger partial charge in [-0.2, -0.15) is 9.41 Å². The third kappa shape index (κ3) is 6.70. The first kappa shape index (κ1) is 26.4. The molecule has 1 atom stereocenters. The number of hydrazone groups is 1. The number of thioether (sulfide) groups is 1. The Morgan fingerprint density at radius 1 is 1.30 bits per heavy atom. The predicted molar refractivity (Wildman–Crippen MR) is 136 cm³/mol. The predicted octanol–water partition coefficient (Wildman–Crippen LogP) is 3.56. The molecule has 2 aliphatic rings. The van der Waals surface area contributed by atoms with Gasteiger partial charge in [0.2, 0.25) is 15.3 Å². The van der Waals surface area contributed by atoms with Crippen LogP contribution in [0.5, 0.6) is 0 Å². The minimum atomic E-state index is -3.77. The summed E-state index contributed by atoms with van der Waals surface area (Å²) in [7, 11) is -0.256. The molecular formula is C22H34ClN5O3S2. The van der Waals surface area contributed by atoms with Gasteiger partial charge in [-0.05, 0) is 44.6 Å². The summed E-state index contributed by atoms with van der Waals surface area (Å²) < 4.78 is 28.4. The number of aliphatic imine (C=N–C) groups is 1. The van der Waals surface area contributed by atoms with Crippen molar-refractivity contribution in [2.45, 2.75) is 62.6 Å². The summed E-state index contributed by atoms with van der Waals surface area (Å²) in [6.07, 6.45) is 5.30. The van der Waals surface area contributed by atoms with Crippen molar-refractivity contribution in [2.24, 2.45) is 10.1 Å². The summed E-state index contributed by atoms with van der Waals surface area (Å²) in [4.78, 5) is 6.51. The van der Waals surface area contributed by atoms with Crippen LogP contribution in [0.4, 0.5) is 0 Å². The maximum absolute atomic E-state index is 13.5. The van der Waals surface area contributed by atoms with Gasteiger partial charge in [-0.3, -0.25) is 9.89 Å². The van der Waals surface area contributed by atoms with E-state index in [0.717, 1.165) is 12.8 Å². The Morgan fingerprint density at radius 2 is 2.00 bits per heavy atom. The van der Waals surface area contributed by atoms with E-state index in [1.165, 1.54) is 35.3 Å². The maximum Gasteiger partial charge on any atom is 0.243 e. The summed E-state index contributed by atoms with van der Waals surface area (Å²) >= 11 is 7.92. The number of hydrogen-bond donors (Lipinski definition) is 1. The summed E-state index contributed by atoms with van der Waals surface area (Å²) in [6, 6.07) is 7.15. The lowest BCUT2D eigenvalue weighted by Gasteiger charge is -2.25. The minimum Gasteiger partial charge on any atom is -0.378 e. The Bertz CT molecular complexity index is 965. The molecule has 1 aromatic carbocycles. The van der Waals surface area contributed by atoms with E-state index in [1.807, 2.05) is 6.07 Å². The Morgan fingerprint density at radius 3 is 2.67 bits per heavy atom. The van der Waals surface area contributed by atoms with E-state index in [9.17, 15) is 13.5 Å². The van der Waals surface area contributed by atoms with Gasteiger partial charge in [0, 0.05) is 25.1 Å². The molecule has 1 heterocycles. The molecule has 0 amide bonds. The van der Waals surface area contributed by atoms with Crippen LogP contribution < -0.4 is 0 Å². The first-order chi connectivity index (χ1) is 15.7. The lowest BCUT2D eigenvalue weighted by molar-refractivity contribution is 0.0300. The van der Waals surface area contributed by atoms with Crippen molar-refractivity contribution in [1.82, 2.24) is 14.2 Å². The zero-order valence-corrected chi connectivity index (χ0v) is 21.9. The van der Waals surface area contributed by atoms with Crippen molar-refractivity contribution in [3.63, 3.8) is 0 Å². The highest BCUT2D eigenvalue weighted by Crippen LogP contribution is 2.30. The Balaban J connectivity index is 1.82. The monoisotopic (exact) mass is 515 g/mol. The minimum absolute atomic E-state index is 0.208. The third-order valence-corrected chi connectivity index (χ3v) is 9.21. The molecule has 3 rings (SSSR count). The molecule has 0 radical (unpaired) electrons. The second-order valence-electron chi connectivity index (χ2n) is 8.49. The third-order valence-electron chi connectivity index (χ3n) is 5.93. The Hall–Kier alpha value is -1.17. The number of rotatable bonds is 9. The molecule has 0 spiro atoms. The highest BCUT2D eigenvalue weighted by molar-refractivity contribution is 8.14. The van der Waals surface area contributed by atoms with Crippen molar-refractivity contribution in [1.29, 1.82) is 0 Å². The second-order valence-corrected chi connectivity index (χ2v) is 11.7. The first-order valence-corrected chi connectivity index (χ1v) is 14.2. The highest BCUT2D eigenvalue weighted by atomic mass is 35.5. The molecule has 0 aromatic heterocycles. The quantitative estimate of drug-likeness (QED) is 0.234. The number of sulfonamides is 1. The average Bonchev–Trinajstić information content (AvgIpc) is 3.30. The van der Waals surface area contributed by atoms with Crippen LogP contribution in [-0.4, -0.2) is 83.4 Å². The molecule has 1 aromatic rings. The van der Waals surface area contributed by atoms with Crippen LogP contribution in [0, 0.1) is 0 Å². The van der Waals surface area contributed by atoms with Crippen molar-refractivity contribution in [3.05, 3.63) is 29.8 Å². The lowest BCUT2D eigenvalue weighted by Crippen LogP contribution is -2.37. The fraction of sp³-hybridized carbons (Fsp3) is 0.636. The molecule has 0 bridgehead atoms. The van der Waals surface area contributed by atoms with E-state index in [2.05, 4.69) is 10.1 Å². The SMILES string of the molecule is CCN(CCC(O)N(C)C)S(=O)(=O)c1ccccc1C1=NN(C(Cl)=NC2CCCCC2)CS1. The van der Waals surface area contributed by atoms with Crippen molar-refractivity contribution >= 4 is 43.7 Å². The molecule has 1 unspecified atom stereocenters. The molecular weight excluding hydrogens is 482 g/mol. The van der Waals surface area contributed by atoms with Gasteiger partial charge >= 0.3 is 0 Å². The number of amidine groups is 1. The van der Waals surface area contributed by atoms with Gasteiger partial charge in [0.05, 0.1) is 16.8 Å². The van der Waals surface area contributed by atoms with E-state index in [0.29, 0.717) is 34.7 Å². The molecule has 33 heavy (non-hydrogen) atoms. The standard InChI is InChI=1S/C22H34ClN5O3S2/c1-4-27(15-14-20(29)26(2)3)33(30,31)19-13-9-8-12-18(19)21-25-28(16-32-21)22(23)24-17-10-6-5-7-11-17/h8-9,12-13,17,20,29H,4-7,10-11,14-16H2,1-3H3. The summed E-state index contributed by atoms with van der Waals surface area (Å²) in [6.45, 7) is 2.33. The number of aliphatic hydroxyl groups is 1. The van der Waals surface area contributed by atoms with Crippen LogP contribution >= 0.6 is 23.4 Å². The molecule has 0 saturated heterocycles. The van der Waals surface area contributed by atoms with Gasteiger partial charge in [0.15, 0.2) is 0 Å². The number of nitrogens with zero attached hydrogens (tertiary/aromatic N) is 5. The number of benzene rings is 1. The zero-order valence-electron chi connectivity index (χ0n) is 19.5. The van der Waals surface area contributed by atoms with Crippen LogP contribution in [-0.2, 0) is 10.0 Å². The van der Waals surface area contributed by atoms with E-state index >= 15 is 0 Å². The largest absolute Gasteiger partial charge is 0.378 e. The topological polar surface area (TPSA) is 88.8 Å². The fourth-order valence-corrected chi connectivity index (χ4v) is 6.86. The van der Waals surface area contributed by atoms with E-state index in [1.54, 1.807) is 49.1 Å². The van der Waals surface area contributed by atoms with Crippen LogP contribution in [0.15, 0.2) is 39.3 Å². The molecule has 1 aliphatic heterocycles. The van der Waals surface area contributed by atoms with Crippen LogP contribution in [0.1, 0.15) is 51.0 Å². The van der Waals surface area contributed by atoms with E-state index in [-0.39, 0.29) is 17.5 Å². The molecule has 11 heteroatoms. The van der Waals surface area contributed by atoms with Gasteiger partial charge < -0.3 is 5.11 Å². The molecule has 1 fully saturated rings. The van der Waals surface area contributed by atoms with Crippen LogP contribution in [0.2, 0.25) is 0 Å². The van der Waals surface area contributed by atoms with Crippen LogP contribution in [0.25, 0.3) is 0 Å². The normalized spacial score (nSPS) is 19.4. The molecule has 8 nitrogen and oxygen atoms in total. The zero-order chi connectivity index (χ0) is 24.0. The molecule has 184 valence electrons. The number of aliphatic hydroxyl groups excluding tert-OH is 1. The van der Waals surface area contributed by atoms with Crippen LogP contribution in [0.3, 0.4) is 0 Å². The number of halogens is 1. The maximum atomic E-state index is 13.5. The van der Waals surface area contributed by atoms with Gasteiger partial charge in [-0.25, -0.2) is 13.4 Å². The van der Waals surface area contributed by atoms with Gasteiger partial charge in [0.1, 0.15) is 11.3 Å². The van der Waals surface area contributed by atoms with Crippen molar-refractivity contribution in [3.8, 4) is 0 Å². The Kier molecular flexibility index (Phi) is 9.61. The van der Waals surface area contributed by atoms with E-state index in [4.69, 9.17) is 11.6 Å². The molecule has 1 saturated carbocycles. The Labute approximate surface area is 206 Å². The molecule has 1 N–H and O–H groups in total. The summed E-state index contributed by atoms with van der Waals surface area (Å²) in [5.74, 6) is 0.491. The van der Waals surface area contributed by atoms with Gasteiger partial charge in [-0.1, -0.05) is 56.1 Å². The summed E-state index contributed by atoms with van der Waals surface area (Å²) in [5.41, 5.74) is 0.554. The average molecular weight is 516 g/mol. The van der Waals surface area contributed by atoms with Gasteiger partial charge in [-0.15, -0.1) is 0 Å². The summed E-state index contributed by atoms with van der Waals surface area (Å²) in [5, 5.41) is 17.3. The molecule has 1 aliphatic carbocycles. The lowest BCUT2D eigenvalue weighted by atomic mass is 9.96. The smallest absolute Gasteiger partial charge is 0.243 e. The van der Waals surface area contributed by atoms with Crippen molar-refractivity contribution in [2.75, 3.05) is 33.1 Å². The van der Waals surface area contributed by atoms with Gasteiger partial charge in [0.25, 0.3) is 0 Å². The van der Waals surface area contributed by atoms with Crippen molar-refractivity contribution < 1.29 is 13.5 Å². The van der Waals surface area contributed by atoms with E-state index < -0.39 is 16.3 Å². The first-order valence-electron chi connectivity index (χ1n) is 11.4. The second kappa shape index (κ2) is 12.0. The number of hydrogen-bond acceptors (Lipinski definition) is 7.